The van der Waals surface area contributed by atoms with Gasteiger partial charge in [-0.15, -0.1) is 12.4 Å². The van der Waals surface area contributed by atoms with Crippen LogP contribution in [0.4, 0.5) is 17.6 Å². The van der Waals surface area contributed by atoms with Gasteiger partial charge in [-0.3, -0.25) is 9.48 Å². The van der Waals surface area contributed by atoms with Gasteiger partial charge >= 0.3 is 6.18 Å². The summed E-state index contributed by atoms with van der Waals surface area (Å²) in [6.45, 7) is 2.34. The zero-order valence-electron chi connectivity index (χ0n) is 16.7. The van der Waals surface area contributed by atoms with Gasteiger partial charge < -0.3 is 10.2 Å². The van der Waals surface area contributed by atoms with Crippen LogP contribution in [0.2, 0.25) is 5.02 Å². The summed E-state index contributed by atoms with van der Waals surface area (Å²) in [6.07, 6.45) is -0.729. The van der Waals surface area contributed by atoms with E-state index in [0.717, 1.165) is 49.3 Å². The number of hydrogen-bond donors (Lipinski definition) is 1. The fourth-order valence-electron chi connectivity index (χ4n) is 3.56. The molecule has 3 rings (SSSR count). The number of likely N-dealkylation sites (tertiary alicyclic amines) is 1. The molecule has 31 heavy (non-hydrogen) atoms. The molecule has 0 saturated carbocycles. The lowest BCUT2D eigenvalue weighted by atomic mass is 10.1. The van der Waals surface area contributed by atoms with Crippen molar-refractivity contribution in [2.24, 2.45) is 0 Å². The Balaban J connectivity index is 0.00000341. The first kappa shape index (κ1) is 25.4. The Hall–Kier alpha value is -1.84. The molecule has 1 saturated heterocycles. The van der Waals surface area contributed by atoms with Gasteiger partial charge in [-0.1, -0.05) is 24.1 Å². The van der Waals surface area contributed by atoms with Crippen LogP contribution in [0.3, 0.4) is 0 Å². The van der Waals surface area contributed by atoms with Crippen LogP contribution in [0.25, 0.3) is 0 Å². The van der Waals surface area contributed by atoms with Crippen molar-refractivity contribution in [3.63, 3.8) is 0 Å². The van der Waals surface area contributed by atoms with Crippen LogP contribution in [-0.2, 0) is 30.5 Å². The number of aromatic nitrogens is 2. The monoisotopic (exact) mass is 482 g/mol. The highest BCUT2D eigenvalue weighted by Gasteiger charge is 2.38. The summed E-state index contributed by atoms with van der Waals surface area (Å²) < 4.78 is 54.9. The van der Waals surface area contributed by atoms with E-state index in [1.165, 1.54) is 12.1 Å². The highest BCUT2D eigenvalue weighted by atomic mass is 35.5. The number of benzene rings is 1. The highest BCUT2D eigenvalue weighted by Crippen LogP contribution is 2.32. The maximum atomic E-state index is 13.6. The Kier molecular flexibility index (Phi) is 9.14. The second-order valence-electron chi connectivity index (χ2n) is 7.33. The van der Waals surface area contributed by atoms with E-state index in [1.54, 1.807) is 0 Å². The van der Waals surface area contributed by atoms with Crippen molar-refractivity contribution in [1.29, 1.82) is 0 Å². The van der Waals surface area contributed by atoms with E-state index in [9.17, 15) is 22.4 Å². The van der Waals surface area contributed by atoms with Gasteiger partial charge in [-0.2, -0.15) is 18.3 Å². The van der Waals surface area contributed by atoms with Crippen LogP contribution in [-0.4, -0.2) is 40.2 Å². The van der Waals surface area contributed by atoms with Gasteiger partial charge in [0.25, 0.3) is 0 Å². The van der Waals surface area contributed by atoms with Crippen LogP contribution in [0.15, 0.2) is 24.4 Å². The van der Waals surface area contributed by atoms with Crippen molar-refractivity contribution < 1.29 is 22.4 Å². The molecule has 1 aromatic heterocycles. The minimum Gasteiger partial charge on any atom is -0.352 e. The molecule has 0 atom stereocenters. The van der Waals surface area contributed by atoms with E-state index < -0.39 is 30.0 Å². The first-order valence-corrected chi connectivity index (χ1v) is 10.2. The first-order valence-electron chi connectivity index (χ1n) is 9.79. The Morgan fingerprint density at radius 3 is 2.48 bits per heavy atom. The third kappa shape index (κ3) is 7.08. The van der Waals surface area contributed by atoms with Gasteiger partial charge in [-0.25, -0.2) is 4.39 Å². The topological polar surface area (TPSA) is 50.2 Å². The molecule has 0 aliphatic carbocycles. The van der Waals surface area contributed by atoms with Crippen molar-refractivity contribution in [3.8, 4) is 0 Å². The number of nitrogens with one attached hydrogen (secondary N) is 1. The molecule has 1 aliphatic rings. The summed E-state index contributed by atoms with van der Waals surface area (Å²) in [5.74, 6) is -1.11. The number of nitrogens with zero attached hydrogens (tertiary/aromatic N) is 3. The van der Waals surface area contributed by atoms with Gasteiger partial charge in [0.2, 0.25) is 5.91 Å². The molecule has 2 heterocycles. The van der Waals surface area contributed by atoms with Crippen LogP contribution in [0.1, 0.15) is 36.1 Å². The van der Waals surface area contributed by atoms with Gasteiger partial charge in [0.05, 0.1) is 19.2 Å². The number of alkyl halides is 3. The molecule has 0 unspecified atom stereocenters. The fourth-order valence-corrected chi connectivity index (χ4v) is 3.80. The van der Waals surface area contributed by atoms with E-state index in [2.05, 4.69) is 15.3 Å². The number of piperidine rings is 1. The number of carbonyl (C=O) groups is 1. The van der Waals surface area contributed by atoms with Crippen LogP contribution < -0.4 is 5.32 Å². The summed E-state index contributed by atoms with van der Waals surface area (Å²) in [5.41, 5.74) is -0.599. The number of amides is 1. The van der Waals surface area contributed by atoms with Gasteiger partial charge in [0.15, 0.2) is 0 Å². The predicted octanol–water partition coefficient (Wildman–Crippen LogP) is 4.46. The fraction of sp³-hybridized carbons (Fsp3) is 0.500. The predicted molar refractivity (Wildman–Crippen MR) is 112 cm³/mol. The SMILES string of the molecule is Cl.O=C(Cc1cnn(CCN2CCCCC2)c1C(F)(F)F)NCc1ccc(F)cc1Cl. The Labute approximate surface area is 189 Å². The minimum atomic E-state index is -4.62. The average Bonchev–Trinajstić information content (AvgIpc) is 3.09. The maximum absolute atomic E-state index is 13.6. The molecule has 2 aromatic rings. The van der Waals surface area contributed by atoms with E-state index in [1.807, 2.05) is 0 Å². The molecule has 1 amide bonds. The van der Waals surface area contributed by atoms with E-state index in [0.29, 0.717) is 12.1 Å². The smallest absolute Gasteiger partial charge is 0.352 e. The minimum absolute atomic E-state index is 0. The zero-order valence-corrected chi connectivity index (χ0v) is 18.3. The molecule has 0 bridgehead atoms. The van der Waals surface area contributed by atoms with E-state index in [4.69, 9.17) is 11.6 Å². The highest BCUT2D eigenvalue weighted by molar-refractivity contribution is 6.31. The van der Waals surface area contributed by atoms with Crippen LogP contribution in [0.5, 0.6) is 0 Å². The lowest BCUT2D eigenvalue weighted by Gasteiger charge is -2.26. The molecule has 11 heteroatoms. The molecule has 1 aromatic carbocycles. The molecule has 0 radical (unpaired) electrons. The summed E-state index contributed by atoms with van der Waals surface area (Å²) in [5, 5.41) is 6.55. The number of hydrogen-bond acceptors (Lipinski definition) is 3. The maximum Gasteiger partial charge on any atom is 0.433 e. The molecule has 0 spiro atoms. The van der Waals surface area contributed by atoms with Crippen LogP contribution >= 0.6 is 24.0 Å². The zero-order chi connectivity index (χ0) is 21.7. The Morgan fingerprint density at radius 2 is 1.84 bits per heavy atom. The molecular formula is C20H24Cl2F4N4O. The average molecular weight is 483 g/mol. The largest absolute Gasteiger partial charge is 0.433 e. The van der Waals surface area contributed by atoms with E-state index >= 15 is 0 Å². The van der Waals surface area contributed by atoms with Gasteiger partial charge in [0.1, 0.15) is 11.5 Å². The van der Waals surface area contributed by atoms with Crippen molar-refractivity contribution in [2.45, 2.75) is 44.9 Å². The van der Waals surface area contributed by atoms with Crippen molar-refractivity contribution in [1.82, 2.24) is 20.0 Å². The molecule has 1 N–H and O–H groups in total. The third-order valence-corrected chi connectivity index (χ3v) is 5.45. The van der Waals surface area contributed by atoms with Crippen molar-refractivity contribution in [3.05, 3.63) is 52.1 Å². The summed E-state index contributed by atoms with van der Waals surface area (Å²) >= 11 is 5.90. The molecule has 1 fully saturated rings. The summed E-state index contributed by atoms with van der Waals surface area (Å²) in [7, 11) is 0. The number of carbonyl (C=O) groups excluding carboxylic acids is 1. The lowest BCUT2D eigenvalue weighted by Crippen LogP contribution is -2.33. The van der Waals surface area contributed by atoms with Gasteiger partial charge in [0, 0.05) is 23.7 Å². The number of halogens is 6. The Morgan fingerprint density at radius 1 is 1.13 bits per heavy atom. The van der Waals surface area contributed by atoms with Crippen molar-refractivity contribution >= 4 is 29.9 Å². The van der Waals surface area contributed by atoms with Crippen LogP contribution in [0, 0.1) is 5.82 Å². The molecule has 1 aliphatic heterocycles. The van der Waals surface area contributed by atoms with Gasteiger partial charge in [-0.05, 0) is 43.6 Å². The second kappa shape index (κ2) is 11.2. The van der Waals surface area contributed by atoms with E-state index in [-0.39, 0.29) is 36.1 Å². The first-order chi connectivity index (χ1) is 14.2. The molecule has 172 valence electrons. The Bertz CT molecular complexity index is 883. The summed E-state index contributed by atoms with van der Waals surface area (Å²) in [4.78, 5) is 14.3. The molecular weight excluding hydrogens is 459 g/mol. The molecule has 5 nitrogen and oxygen atoms in total. The second-order valence-corrected chi connectivity index (χ2v) is 7.74. The standard InChI is InChI=1S/C20H23ClF4N4O.ClH/c21-17-11-16(22)5-4-14(17)12-26-18(30)10-15-13-27-29(19(15)20(23,24)25)9-8-28-6-2-1-3-7-28;/h4-5,11,13H,1-3,6-10,12H2,(H,26,30);1H. The summed E-state index contributed by atoms with van der Waals surface area (Å²) in [6, 6.07) is 3.72. The number of rotatable bonds is 7. The third-order valence-electron chi connectivity index (χ3n) is 5.10. The normalized spacial score (nSPS) is 14.9. The lowest BCUT2D eigenvalue weighted by molar-refractivity contribution is -0.145. The quantitative estimate of drug-likeness (QED) is 0.592. The van der Waals surface area contributed by atoms with Crippen molar-refractivity contribution in [2.75, 3.05) is 19.6 Å².